The fourth-order valence-electron chi connectivity index (χ4n) is 1.69. The van der Waals surface area contributed by atoms with Crippen molar-refractivity contribution < 1.29 is 19.5 Å². The maximum absolute atomic E-state index is 11.8. The highest BCUT2D eigenvalue weighted by molar-refractivity contribution is 6.33. The summed E-state index contributed by atoms with van der Waals surface area (Å²) in [5, 5.41) is 14.0. The molecule has 0 bridgehead atoms. The summed E-state index contributed by atoms with van der Waals surface area (Å²) in [6.07, 6.45) is 0.961. The number of benzene rings is 1. The number of aliphatic carboxylic acids is 1. The summed E-state index contributed by atoms with van der Waals surface area (Å²) < 4.78 is 0. The van der Waals surface area contributed by atoms with E-state index in [2.05, 4.69) is 10.6 Å². The summed E-state index contributed by atoms with van der Waals surface area (Å²) in [7, 11) is 0. The van der Waals surface area contributed by atoms with Gasteiger partial charge in [-0.2, -0.15) is 0 Å². The lowest BCUT2D eigenvalue weighted by molar-refractivity contribution is -0.141. The van der Waals surface area contributed by atoms with Gasteiger partial charge in [-0.3, -0.25) is 9.59 Å². The maximum atomic E-state index is 11.8. The largest absolute Gasteiger partial charge is 0.480 e. The van der Waals surface area contributed by atoms with E-state index in [0.29, 0.717) is 12.8 Å². The van der Waals surface area contributed by atoms with Crippen LogP contribution in [0, 0.1) is 0 Å². The molecule has 0 fully saturated rings. The van der Waals surface area contributed by atoms with Crippen LogP contribution in [0.5, 0.6) is 0 Å². The zero-order valence-corrected chi connectivity index (χ0v) is 12.3. The Kier molecular flexibility index (Phi) is 6.68. The third-order valence-electron chi connectivity index (χ3n) is 2.74. The van der Waals surface area contributed by atoms with E-state index in [1.807, 2.05) is 6.92 Å². The van der Waals surface area contributed by atoms with Gasteiger partial charge in [-0.05, 0) is 18.6 Å². The van der Waals surface area contributed by atoms with E-state index >= 15 is 0 Å². The number of carboxylic acids is 1. The van der Waals surface area contributed by atoms with Gasteiger partial charge >= 0.3 is 5.97 Å². The zero-order valence-electron chi connectivity index (χ0n) is 11.6. The topological polar surface area (TPSA) is 95.5 Å². The molecule has 1 atom stereocenters. The van der Waals surface area contributed by atoms with Crippen molar-refractivity contribution in [1.82, 2.24) is 10.6 Å². The SMILES string of the molecule is CCCC(NC(=O)CNC(=O)c1ccccc1Cl)C(=O)O. The number of carbonyl (C=O) groups excluding carboxylic acids is 2. The summed E-state index contributed by atoms with van der Waals surface area (Å²) in [6, 6.07) is 5.50. The van der Waals surface area contributed by atoms with Crippen molar-refractivity contribution >= 4 is 29.4 Å². The van der Waals surface area contributed by atoms with Crippen molar-refractivity contribution in [1.29, 1.82) is 0 Å². The zero-order chi connectivity index (χ0) is 15.8. The van der Waals surface area contributed by atoms with Crippen LogP contribution in [-0.2, 0) is 9.59 Å². The van der Waals surface area contributed by atoms with E-state index < -0.39 is 23.8 Å². The number of halogens is 1. The van der Waals surface area contributed by atoms with E-state index in [-0.39, 0.29) is 17.1 Å². The first-order valence-corrected chi connectivity index (χ1v) is 6.88. The van der Waals surface area contributed by atoms with Gasteiger partial charge in [0.15, 0.2) is 0 Å². The Morgan fingerprint density at radius 3 is 2.52 bits per heavy atom. The molecule has 7 heteroatoms. The Labute approximate surface area is 127 Å². The number of carbonyl (C=O) groups is 3. The van der Waals surface area contributed by atoms with Gasteiger partial charge in [-0.1, -0.05) is 37.1 Å². The van der Waals surface area contributed by atoms with E-state index in [1.54, 1.807) is 18.2 Å². The van der Waals surface area contributed by atoms with Crippen LogP contribution in [0.3, 0.4) is 0 Å². The first-order valence-electron chi connectivity index (χ1n) is 6.50. The van der Waals surface area contributed by atoms with Gasteiger partial charge in [0.25, 0.3) is 5.91 Å². The fraction of sp³-hybridized carbons (Fsp3) is 0.357. The van der Waals surface area contributed by atoms with Crippen LogP contribution in [0.25, 0.3) is 0 Å². The molecular weight excluding hydrogens is 296 g/mol. The minimum absolute atomic E-state index is 0.260. The summed E-state index contributed by atoms with van der Waals surface area (Å²) in [4.78, 5) is 34.4. The van der Waals surface area contributed by atoms with Gasteiger partial charge < -0.3 is 15.7 Å². The van der Waals surface area contributed by atoms with Gasteiger partial charge in [0.2, 0.25) is 5.91 Å². The lowest BCUT2D eigenvalue weighted by atomic mass is 10.1. The minimum Gasteiger partial charge on any atom is -0.480 e. The summed E-state index contributed by atoms with van der Waals surface area (Å²) in [5.41, 5.74) is 0.260. The molecule has 1 aromatic rings. The van der Waals surface area contributed by atoms with Crippen LogP contribution in [0.4, 0.5) is 0 Å². The van der Waals surface area contributed by atoms with Crippen molar-refractivity contribution in [3.05, 3.63) is 34.9 Å². The van der Waals surface area contributed by atoms with Gasteiger partial charge in [0.05, 0.1) is 17.1 Å². The van der Waals surface area contributed by atoms with Crippen LogP contribution >= 0.6 is 11.6 Å². The predicted octanol–water partition coefficient (Wildman–Crippen LogP) is 1.44. The van der Waals surface area contributed by atoms with Gasteiger partial charge in [0.1, 0.15) is 6.04 Å². The molecule has 114 valence electrons. The monoisotopic (exact) mass is 312 g/mol. The molecule has 0 aliphatic heterocycles. The standard InChI is InChI=1S/C14H17ClN2O4/c1-2-5-11(14(20)21)17-12(18)8-16-13(19)9-6-3-4-7-10(9)15/h3-4,6-7,11H,2,5,8H2,1H3,(H,16,19)(H,17,18)(H,20,21). The fourth-order valence-corrected chi connectivity index (χ4v) is 1.91. The molecule has 2 amide bonds. The predicted molar refractivity (Wildman–Crippen MR) is 78.3 cm³/mol. The molecule has 0 aliphatic carbocycles. The first kappa shape index (κ1) is 17.0. The quantitative estimate of drug-likeness (QED) is 0.710. The van der Waals surface area contributed by atoms with Crippen molar-refractivity contribution in [3.8, 4) is 0 Å². The van der Waals surface area contributed by atoms with Crippen molar-refractivity contribution in [2.24, 2.45) is 0 Å². The number of hydrogen-bond acceptors (Lipinski definition) is 3. The highest BCUT2D eigenvalue weighted by Crippen LogP contribution is 2.14. The third-order valence-corrected chi connectivity index (χ3v) is 3.07. The number of carboxylic acid groups (broad SMARTS) is 1. The second-order valence-electron chi connectivity index (χ2n) is 4.41. The molecule has 1 unspecified atom stereocenters. The second kappa shape index (κ2) is 8.26. The molecular formula is C14H17ClN2O4. The number of nitrogens with one attached hydrogen (secondary N) is 2. The van der Waals surface area contributed by atoms with E-state index in [0.717, 1.165) is 0 Å². The Morgan fingerprint density at radius 2 is 1.95 bits per heavy atom. The average Bonchev–Trinajstić information content (AvgIpc) is 2.44. The van der Waals surface area contributed by atoms with E-state index in [4.69, 9.17) is 16.7 Å². The normalized spacial score (nSPS) is 11.5. The molecule has 0 saturated heterocycles. The van der Waals surface area contributed by atoms with Gasteiger partial charge in [-0.15, -0.1) is 0 Å². The molecule has 3 N–H and O–H groups in total. The molecule has 0 aromatic heterocycles. The van der Waals surface area contributed by atoms with Crippen LogP contribution in [0.15, 0.2) is 24.3 Å². The summed E-state index contributed by atoms with van der Waals surface area (Å²) >= 11 is 5.86. The van der Waals surface area contributed by atoms with Crippen LogP contribution in [0.2, 0.25) is 5.02 Å². The highest BCUT2D eigenvalue weighted by atomic mass is 35.5. The molecule has 1 rings (SSSR count). The Bertz CT molecular complexity index is 533. The van der Waals surface area contributed by atoms with Crippen molar-refractivity contribution in [3.63, 3.8) is 0 Å². The number of rotatable bonds is 7. The lowest BCUT2D eigenvalue weighted by Crippen LogP contribution is -2.45. The first-order chi connectivity index (χ1) is 9.95. The number of amides is 2. The third kappa shape index (κ3) is 5.43. The minimum atomic E-state index is -1.09. The second-order valence-corrected chi connectivity index (χ2v) is 4.82. The van der Waals surface area contributed by atoms with Crippen LogP contribution in [-0.4, -0.2) is 35.5 Å². The van der Waals surface area contributed by atoms with E-state index in [9.17, 15) is 14.4 Å². The summed E-state index contributed by atoms with van der Waals surface area (Å²) in [6.45, 7) is 1.51. The molecule has 0 radical (unpaired) electrons. The summed E-state index contributed by atoms with van der Waals surface area (Å²) in [5.74, 6) is -2.14. The molecule has 0 heterocycles. The van der Waals surface area contributed by atoms with Gasteiger partial charge in [0, 0.05) is 0 Å². The molecule has 0 saturated carbocycles. The maximum Gasteiger partial charge on any atom is 0.326 e. The number of hydrogen-bond donors (Lipinski definition) is 3. The average molecular weight is 313 g/mol. The lowest BCUT2D eigenvalue weighted by Gasteiger charge is -2.14. The molecule has 21 heavy (non-hydrogen) atoms. The molecule has 0 spiro atoms. The molecule has 0 aliphatic rings. The Balaban J connectivity index is 2.51. The van der Waals surface area contributed by atoms with E-state index in [1.165, 1.54) is 6.07 Å². The Hall–Kier alpha value is -2.08. The van der Waals surface area contributed by atoms with Crippen LogP contribution < -0.4 is 10.6 Å². The van der Waals surface area contributed by atoms with Gasteiger partial charge in [-0.25, -0.2) is 4.79 Å². The highest BCUT2D eigenvalue weighted by Gasteiger charge is 2.19. The van der Waals surface area contributed by atoms with Crippen LogP contribution in [0.1, 0.15) is 30.1 Å². The Morgan fingerprint density at radius 1 is 1.29 bits per heavy atom. The molecule has 1 aromatic carbocycles. The van der Waals surface area contributed by atoms with Crippen molar-refractivity contribution in [2.45, 2.75) is 25.8 Å². The molecule has 6 nitrogen and oxygen atoms in total. The smallest absolute Gasteiger partial charge is 0.326 e. The van der Waals surface area contributed by atoms with Crippen molar-refractivity contribution in [2.75, 3.05) is 6.54 Å².